The monoisotopic (exact) mass is 480 g/mol. The highest BCUT2D eigenvalue weighted by Crippen LogP contribution is 2.67. The van der Waals surface area contributed by atoms with Gasteiger partial charge < -0.3 is 15.0 Å². The van der Waals surface area contributed by atoms with Crippen molar-refractivity contribution in [2.24, 2.45) is 5.41 Å². The Morgan fingerprint density at radius 1 is 1.17 bits per heavy atom. The van der Waals surface area contributed by atoms with Gasteiger partial charge in [-0.2, -0.15) is 15.5 Å². The standard InChI is InChI=1S/C28H28N6O2/c1-16-10-19(6-5-9-29)11-17(2)23(16)36-24-21-18(3)34(20-7-4-8-20)25(35)22(21)31-26(32-24)33-28-12-27(13-28,14-28)15-30/h5-6,10-11,18,20H,4,7-8,12-14H2,1-3H3,(H,31,32,33)/b6-5+. The number of aromatic nitrogens is 2. The van der Waals surface area contributed by atoms with Gasteiger partial charge in [-0.3, -0.25) is 4.79 Å². The third kappa shape index (κ3) is 3.28. The fraction of sp³-hybridized carbons (Fsp3) is 0.464. The molecule has 1 aromatic heterocycles. The summed E-state index contributed by atoms with van der Waals surface area (Å²) in [5, 5.41) is 21.7. The van der Waals surface area contributed by atoms with Crippen molar-refractivity contribution < 1.29 is 9.53 Å². The SMILES string of the molecule is Cc1cc(/C=C/C#N)cc(C)c1Oc1nc(NC23CC(C#N)(C2)C3)nc2c1C(C)N(C1CCC1)C2=O. The molecule has 7 rings (SSSR count). The van der Waals surface area contributed by atoms with E-state index in [1.54, 1.807) is 6.08 Å². The van der Waals surface area contributed by atoms with E-state index in [-0.39, 0.29) is 28.9 Å². The average molecular weight is 481 g/mol. The highest BCUT2D eigenvalue weighted by atomic mass is 16.5. The molecule has 1 aromatic carbocycles. The lowest BCUT2D eigenvalue weighted by molar-refractivity contribution is -0.0665. The van der Waals surface area contributed by atoms with Gasteiger partial charge in [0.1, 0.15) is 11.4 Å². The Labute approximate surface area is 210 Å². The molecule has 2 aromatic rings. The van der Waals surface area contributed by atoms with E-state index in [0.717, 1.165) is 60.8 Å². The number of allylic oxidation sites excluding steroid dienone is 1. The van der Waals surface area contributed by atoms with Gasteiger partial charge in [-0.15, -0.1) is 0 Å². The van der Waals surface area contributed by atoms with E-state index in [1.165, 1.54) is 6.08 Å². The molecule has 1 amide bonds. The maximum Gasteiger partial charge on any atom is 0.273 e. The Hall–Kier alpha value is -3.91. The number of carbonyl (C=O) groups is 1. The van der Waals surface area contributed by atoms with Gasteiger partial charge in [0.15, 0.2) is 0 Å². The molecule has 1 aliphatic heterocycles. The molecule has 8 nitrogen and oxygen atoms in total. The average Bonchev–Trinajstić information content (AvgIpc) is 3.00. The summed E-state index contributed by atoms with van der Waals surface area (Å²) in [6.45, 7) is 5.95. The van der Waals surface area contributed by atoms with Crippen LogP contribution in [0.3, 0.4) is 0 Å². The number of amides is 1. The number of hydrogen-bond donors (Lipinski definition) is 1. The van der Waals surface area contributed by atoms with Crippen LogP contribution in [0, 0.1) is 41.9 Å². The molecule has 1 atom stereocenters. The van der Waals surface area contributed by atoms with Crippen molar-refractivity contribution in [2.45, 2.75) is 76.9 Å². The first-order valence-corrected chi connectivity index (χ1v) is 12.6. The maximum absolute atomic E-state index is 13.5. The van der Waals surface area contributed by atoms with Gasteiger partial charge in [0.05, 0.1) is 29.2 Å². The van der Waals surface area contributed by atoms with Gasteiger partial charge in [-0.25, -0.2) is 4.98 Å². The Kier molecular flexibility index (Phi) is 4.88. The van der Waals surface area contributed by atoms with E-state index < -0.39 is 0 Å². The molecule has 0 radical (unpaired) electrons. The van der Waals surface area contributed by atoms with Crippen molar-refractivity contribution >= 4 is 17.9 Å². The van der Waals surface area contributed by atoms with Crippen molar-refractivity contribution in [3.05, 3.63) is 46.2 Å². The Morgan fingerprint density at radius 2 is 1.86 bits per heavy atom. The molecule has 2 heterocycles. The van der Waals surface area contributed by atoms with Gasteiger partial charge in [0, 0.05) is 17.7 Å². The first kappa shape index (κ1) is 22.5. The summed E-state index contributed by atoms with van der Waals surface area (Å²) >= 11 is 0. The van der Waals surface area contributed by atoms with E-state index >= 15 is 0 Å². The summed E-state index contributed by atoms with van der Waals surface area (Å²) in [5.74, 6) is 1.41. The highest BCUT2D eigenvalue weighted by Gasteiger charge is 2.69. The number of hydrogen-bond acceptors (Lipinski definition) is 7. The van der Waals surface area contributed by atoms with Gasteiger partial charge in [0.25, 0.3) is 5.91 Å². The molecule has 0 spiro atoms. The fourth-order valence-electron chi connectivity index (χ4n) is 6.45. The van der Waals surface area contributed by atoms with Crippen LogP contribution in [0.4, 0.5) is 5.95 Å². The number of ether oxygens (including phenoxy) is 1. The molecular weight excluding hydrogens is 452 g/mol. The second-order valence-corrected chi connectivity index (χ2v) is 11.0. The first-order chi connectivity index (χ1) is 17.3. The summed E-state index contributed by atoms with van der Waals surface area (Å²) in [4.78, 5) is 24.9. The zero-order chi connectivity index (χ0) is 25.2. The molecule has 36 heavy (non-hydrogen) atoms. The van der Waals surface area contributed by atoms with Crippen molar-refractivity contribution in [3.8, 4) is 23.8 Å². The van der Waals surface area contributed by atoms with Crippen molar-refractivity contribution in [2.75, 3.05) is 5.32 Å². The molecule has 8 heteroatoms. The summed E-state index contributed by atoms with van der Waals surface area (Å²) in [6, 6.07) is 8.44. The van der Waals surface area contributed by atoms with Crippen molar-refractivity contribution in [1.29, 1.82) is 10.5 Å². The minimum atomic E-state index is -0.204. The highest BCUT2D eigenvalue weighted by molar-refractivity contribution is 5.98. The van der Waals surface area contributed by atoms with E-state index in [0.29, 0.717) is 23.3 Å². The topological polar surface area (TPSA) is 115 Å². The number of rotatable bonds is 6. The van der Waals surface area contributed by atoms with Crippen LogP contribution in [0.2, 0.25) is 0 Å². The van der Waals surface area contributed by atoms with Crippen LogP contribution in [-0.2, 0) is 0 Å². The normalized spacial score (nSPS) is 28.0. The van der Waals surface area contributed by atoms with Crippen LogP contribution >= 0.6 is 0 Å². The Bertz CT molecular complexity index is 1370. The predicted octanol–water partition coefficient (Wildman–Crippen LogP) is 5.35. The van der Waals surface area contributed by atoms with Crippen LogP contribution in [0.5, 0.6) is 11.6 Å². The number of nitrogens with zero attached hydrogens (tertiary/aromatic N) is 5. The zero-order valence-corrected chi connectivity index (χ0v) is 20.8. The second-order valence-electron chi connectivity index (χ2n) is 11.0. The molecular formula is C28H28N6O2. The zero-order valence-electron chi connectivity index (χ0n) is 20.8. The molecule has 4 fully saturated rings. The van der Waals surface area contributed by atoms with Crippen LogP contribution in [-0.4, -0.2) is 32.4 Å². The third-order valence-electron chi connectivity index (χ3n) is 8.33. The minimum Gasteiger partial charge on any atom is -0.438 e. The molecule has 4 aliphatic carbocycles. The number of carbonyl (C=O) groups excluding carboxylic acids is 1. The fourth-order valence-corrected chi connectivity index (χ4v) is 6.45. The molecule has 1 unspecified atom stereocenters. The number of benzene rings is 1. The van der Waals surface area contributed by atoms with E-state index in [1.807, 2.05) is 43.9 Å². The van der Waals surface area contributed by atoms with E-state index in [4.69, 9.17) is 20.0 Å². The minimum absolute atomic E-state index is 0.0611. The van der Waals surface area contributed by atoms with Crippen LogP contribution in [0.1, 0.15) is 84.2 Å². The van der Waals surface area contributed by atoms with Crippen LogP contribution in [0.25, 0.3) is 6.08 Å². The van der Waals surface area contributed by atoms with E-state index in [2.05, 4.69) is 11.4 Å². The number of fused-ring (bicyclic) bond motifs is 1. The lowest BCUT2D eigenvalue weighted by Crippen LogP contribution is -2.70. The largest absolute Gasteiger partial charge is 0.438 e. The smallest absolute Gasteiger partial charge is 0.273 e. The molecule has 0 saturated heterocycles. The molecule has 2 bridgehead atoms. The number of aryl methyl sites for hydroxylation is 2. The quantitative estimate of drug-likeness (QED) is 0.554. The van der Waals surface area contributed by atoms with Gasteiger partial charge in [0.2, 0.25) is 11.8 Å². The summed E-state index contributed by atoms with van der Waals surface area (Å²) in [6.07, 6.45) is 8.71. The third-order valence-corrected chi connectivity index (χ3v) is 8.33. The van der Waals surface area contributed by atoms with Gasteiger partial charge in [-0.1, -0.05) is 0 Å². The number of anilines is 1. The van der Waals surface area contributed by atoms with Crippen LogP contribution in [0.15, 0.2) is 18.2 Å². The summed E-state index contributed by atoms with van der Waals surface area (Å²) < 4.78 is 6.49. The van der Waals surface area contributed by atoms with Crippen molar-refractivity contribution in [3.63, 3.8) is 0 Å². The number of nitrogens with one attached hydrogen (secondary N) is 1. The molecule has 4 saturated carbocycles. The Morgan fingerprint density at radius 3 is 2.44 bits per heavy atom. The van der Waals surface area contributed by atoms with Gasteiger partial charge >= 0.3 is 0 Å². The second kappa shape index (κ2) is 7.80. The van der Waals surface area contributed by atoms with Crippen LogP contribution < -0.4 is 10.1 Å². The lowest BCUT2D eigenvalue weighted by Gasteiger charge is -2.66. The predicted molar refractivity (Wildman–Crippen MR) is 133 cm³/mol. The first-order valence-electron chi connectivity index (χ1n) is 12.6. The maximum atomic E-state index is 13.5. The van der Waals surface area contributed by atoms with Crippen molar-refractivity contribution in [1.82, 2.24) is 14.9 Å². The molecule has 5 aliphatic rings. The van der Waals surface area contributed by atoms with Gasteiger partial charge in [-0.05, 0) is 94.2 Å². The molecule has 182 valence electrons. The number of nitriles is 2. The lowest BCUT2D eigenvalue weighted by atomic mass is 9.40. The summed E-state index contributed by atoms with van der Waals surface area (Å²) in [7, 11) is 0. The van der Waals surface area contributed by atoms with E-state index in [9.17, 15) is 10.1 Å². The molecule has 1 N–H and O–H groups in total. The Balaban J connectivity index is 1.38. The summed E-state index contributed by atoms with van der Waals surface area (Å²) in [5.41, 5.74) is 3.52.